The maximum absolute atomic E-state index is 12.6. The molecule has 0 saturated heterocycles. The van der Waals surface area contributed by atoms with Gasteiger partial charge in [-0.05, 0) is 43.9 Å². The van der Waals surface area contributed by atoms with Gasteiger partial charge in [0.05, 0.1) is 17.9 Å². The number of hydrogen-bond acceptors (Lipinski definition) is 7. The van der Waals surface area contributed by atoms with Crippen molar-refractivity contribution in [3.05, 3.63) is 52.7 Å². The summed E-state index contributed by atoms with van der Waals surface area (Å²) >= 11 is 2.78. The van der Waals surface area contributed by atoms with Crippen molar-refractivity contribution in [3.8, 4) is 5.69 Å². The smallest absolute Gasteiger partial charge is 0.341 e. The summed E-state index contributed by atoms with van der Waals surface area (Å²) in [4.78, 5) is 26.2. The number of hydrogen-bond donors (Lipinski definition) is 1. The van der Waals surface area contributed by atoms with Crippen LogP contribution in [-0.4, -0.2) is 39.0 Å². The minimum absolute atomic E-state index is 0.163. The summed E-state index contributed by atoms with van der Waals surface area (Å²) in [6.45, 7) is 2.09. The standard InChI is InChI=1S/C20H20N4O3S2/c1-2-27-19(26)17-14-9-6-10-15(14)29-18(17)22-16(25)11-28-20-23-21-12-24(20)13-7-4-3-5-8-13/h3-5,7-8,12H,2,6,9-11H2,1H3,(H,22,25). The fourth-order valence-electron chi connectivity index (χ4n) is 3.29. The van der Waals surface area contributed by atoms with Crippen LogP contribution in [0.2, 0.25) is 0 Å². The molecule has 0 saturated carbocycles. The van der Waals surface area contributed by atoms with Gasteiger partial charge in [0, 0.05) is 10.6 Å². The second-order valence-corrected chi connectivity index (χ2v) is 8.49. The zero-order valence-corrected chi connectivity index (χ0v) is 17.5. The number of benzene rings is 1. The molecule has 0 bridgehead atoms. The molecule has 1 amide bonds. The van der Waals surface area contributed by atoms with Crippen molar-refractivity contribution in [1.82, 2.24) is 14.8 Å². The number of fused-ring (bicyclic) bond motifs is 1. The molecule has 1 aromatic carbocycles. The zero-order chi connectivity index (χ0) is 20.2. The minimum atomic E-state index is -0.362. The lowest BCUT2D eigenvalue weighted by atomic mass is 10.1. The average molecular weight is 429 g/mol. The number of nitrogens with one attached hydrogen (secondary N) is 1. The van der Waals surface area contributed by atoms with Crippen molar-refractivity contribution in [2.45, 2.75) is 31.3 Å². The summed E-state index contributed by atoms with van der Waals surface area (Å²) in [7, 11) is 0. The van der Waals surface area contributed by atoms with Gasteiger partial charge in [0.25, 0.3) is 0 Å². The Balaban J connectivity index is 1.45. The molecule has 4 rings (SSSR count). The van der Waals surface area contributed by atoms with E-state index in [9.17, 15) is 9.59 Å². The van der Waals surface area contributed by atoms with Crippen molar-refractivity contribution in [1.29, 1.82) is 0 Å². The Bertz CT molecular complexity index is 1030. The van der Waals surface area contributed by atoms with E-state index in [1.807, 2.05) is 34.9 Å². The molecule has 150 valence electrons. The number of thioether (sulfide) groups is 1. The van der Waals surface area contributed by atoms with Gasteiger partial charge in [-0.2, -0.15) is 0 Å². The summed E-state index contributed by atoms with van der Waals surface area (Å²) in [5.74, 6) is -0.391. The highest BCUT2D eigenvalue weighted by Gasteiger charge is 2.28. The van der Waals surface area contributed by atoms with Crippen LogP contribution in [0.25, 0.3) is 5.69 Å². The molecule has 0 atom stereocenters. The summed E-state index contributed by atoms with van der Waals surface area (Å²) in [5.41, 5.74) is 2.48. The molecule has 1 aliphatic carbocycles. The highest BCUT2D eigenvalue weighted by molar-refractivity contribution is 7.99. The monoisotopic (exact) mass is 428 g/mol. The van der Waals surface area contributed by atoms with Crippen LogP contribution in [0, 0.1) is 0 Å². The molecule has 0 fully saturated rings. The maximum Gasteiger partial charge on any atom is 0.341 e. The molecular formula is C20H20N4O3S2. The van der Waals surface area contributed by atoms with Gasteiger partial charge < -0.3 is 10.1 Å². The molecule has 0 radical (unpaired) electrons. The number of esters is 1. The molecule has 7 nitrogen and oxygen atoms in total. The normalized spacial score (nSPS) is 12.6. The van der Waals surface area contributed by atoms with E-state index in [1.54, 1.807) is 13.3 Å². The van der Waals surface area contributed by atoms with Crippen LogP contribution in [0.5, 0.6) is 0 Å². The van der Waals surface area contributed by atoms with Gasteiger partial charge in [-0.15, -0.1) is 21.5 Å². The van der Waals surface area contributed by atoms with Crippen molar-refractivity contribution >= 4 is 40.0 Å². The van der Waals surface area contributed by atoms with E-state index >= 15 is 0 Å². The highest BCUT2D eigenvalue weighted by atomic mass is 32.2. The van der Waals surface area contributed by atoms with Crippen molar-refractivity contribution < 1.29 is 14.3 Å². The van der Waals surface area contributed by atoms with Crippen molar-refractivity contribution in [3.63, 3.8) is 0 Å². The molecule has 9 heteroatoms. The fourth-order valence-corrected chi connectivity index (χ4v) is 5.32. The molecular weight excluding hydrogens is 408 g/mol. The topological polar surface area (TPSA) is 86.1 Å². The molecule has 2 aromatic heterocycles. The SMILES string of the molecule is CCOC(=O)c1c(NC(=O)CSc2nncn2-c2ccccc2)sc2c1CCC2. The Kier molecular flexibility index (Phi) is 5.96. The van der Waals surface area contributed by atoms with Gasteiger partial charge in [0.1, 0.15) is 11.3 Å². The first-order chi connectivity index (χ1) is 14.2. The molecule has 1 N–H and O–H groups in total. The van der Waals surface area contributed by atoms with Gasteiger partial charge >= 0.3 is 5.97 Å². The molecule has 0 aliphatic heterocycles. The minimum Gasteiger partial charge on any atom is -0.462 e. The fraction of sp³-hybridized carbons (Fsp3) is 0.300. The first-order valence-electron chi connectivity index (χ1n) is 9.37. The Hall–Kier alpha value is -2.65. The summed E-state index contributed by atoms with van der Waals surface area (Å²) in [5, 5.41) is 12.2. The number of aryl methyl sites for hydroxylation is 1. The third-order valence-corrected chi connectivity index (χ3v) is 6.69. The van der Waals surface area contributed by atoms with Crippen LogP contribution < -0.4 is 5.32 Å². The van der Waals surface area contributed by atoms with E-state index in [4.69, 9.17) is 4.74 Å². The second-order valence-electron chi connectivity index (χ2n) is 6.44. The maximum atomic E-state index is 12.6. The van der Waals surface area contributed by atoms with Crippen LogP contribution in [-0.2, 0) is 22.4 Å². The molecule has 0 spiro atoms. The third-order valence-electron chi connectivity index (χ3n) is 4.54. The lowest BCUT2D eigenvalue weighted by Gasteiger charge is -2.08. The Morgan fingerprint density at radius 1 is 1.28 bits per heavy atom. The molecule has 3 aromatic rings. The predicted molar refractivity (Wildman–Crippen MR) is 113 cm³/mol. The summed E-state index contributed by atoms with van der Waals surface area (Å²) in [6.07, 6.45) is 4.45. The largest absolute Gasteiger partial charge is 0.462 e. The van der Waals surface area contributed by atoms with E-state index in [0.29, 0.717) is 22.3 Å². The van der Waals surface area contributed by atoms with E-state index in [-0.39, 0.29) is 17.6 Å². The number of carbonyl (C=O) groups excluding carboxylic acids is 2. The number of para-hydroxylation sites is 1. The van der Waals surface area contributed by atoms with Crippen LogP contribution in [0.1, 0.15) is 34.1 Å². The van der Waals surface area contributed by atoms with Crippen LogP contribution in [0.15, 0.2) is 41.8 Å². The van der Waals surface area contributed by atoms with Crippen molar-refractivity contribution in [2.75, 3.05) is 17.7 Å². The quantitative estimate of drug-likeness (QED) is 0.456. The average Bonchev–Trinajstić information content (AvgIpc) is 3.43. The number of carbonyl (C=O) groups is 2. The number of nitrogens with zero attached hydrogens (tertiary/aromatic N) is 3. The first kappa shape index (κ1) is 19.7. The van der Waals surface area contributed by atoms with Gasteiger partial charge in [0.15, 0.2) is 5.16 Å². The van der Waals surface area contributed by atoms with E-state index < -0.39 is 0 Å². The number of anilines is 1. The third kappa shape index (κ3) is 4.20. The van der Waals surface area contributed by atoms with Crippen LogP contribution in [0.3, 0.4) is 0 Å². The van der Waals surface area contributed by atoms with Gasteiger partial charge in [-0.3, -0.25) is 9.36 Å². The lowest BCUT2D eigenvalue weighted by Crippen LogP contribution is -2.17. The highest BCUT2D eigenvalue weighted by Crippen LogP contribution is 2.39. The number of rotatable bonds is 7. The Morgan fingerprint density at radius 3 is 2.90 bits per heavy atom. The number of ether oxygens (including phenoxy) is 1. The van der Waals surface area contributed by atoms with Crippen LogP contribution >= 0.6 is 23.1 Å². The first-order valence-corrected chi connectivity index (χ1v) is 11.2. The lowest BCUT2D eigenvalue weighted by molar-refractivity contribution is -0.113. The van der Waals surface area contributed by atoms with Gasteiger partial charge in [-0.1, -0.05) is 30.0 Å². The molecule has 29 heavy (non-hydrogen) atoms. The number of amides is 1. The summed E-state index contributed by atoms with van der Waals surface area (Å²) in [6, 6.07) is 9.71. The van der Waals surface area contributed by atoms with Crippen LogP contribution in [0.4, 0.5) is 5.00 Å². The van der Waals surface area contributed by atoms with Gasteiger partial charge in [0.2, 0.25) is 5.91 Å². The molecule has 2 heterocycles. The molecule has 1 aliphatic rings. The Labute approximate surface area is 176 Å². The zero-order valence-electron chi connectivity index (χ0n) is 15.9. The van der Waals surface area contributed by atoms with E-state index in [1.165, 1.54) is 28.0 Å². The number of aromatic nitrogens is 3. The Morgan fingerprint density at radius 2 is 2.10 bits per heavy atom. The second kappa shape index (κ2) is 8.79. The van der Waals surface area contributed by atoms with Gasteiger partial charge in [-0.25, -0.2) is 4.79 Å². The predicted octanol–water partition coefficient (Wildman–Crippen LogP) is 3.73. The van der Waals surface area contributed by atoms with Crippen molar-refractivity contribution in [2.24, 2.45) is 0 Å². The van der Waals surface area contributed by atoms with E-state index in [2.05, 4.69) is 15.5 Å². The number of thiophene rings is 1. The summed E-state index contributed by atoms with van der Waals surface area (Å²) < 4.78 is 7.04. The molecule has 0 unspecified atom stereocenters. The van der Waals surface area contributed by atoms with E-state index in [0.717, 1.165) is 30.5 Å².